The quantitative estimate of drug-likeness (QED) is 0.903. The summed E-state index contributed by atoms with van der Waals surface area (Å²) in [6.07, 6.45) is 0. The first-order valence-electron chi connectivity index (χ1n) is 5.70. The molecule has 4 nitrogen and oxygen atoms in total. The van der Waals surface area contributed by atoms with Crippen molar-refractivity contribution in [2.24, 2.45) is 5.73 Å². The Morgan fingerprint density at radius 3 is 2.45 bits per heavy atom. The predicted octanol–water partition coefficient (Wildman–Crippen LogP) is 3.25. The van der Waals surface area contributed by atoms with Gasteiger partial charge >= 0.3 is 0 Å². The Morgan fingerprint density at radius 2 is 1.80 bits per heavy atom. The molecule has 2 rings (SSSR count). The average molecular weight is 331 g/mol. The van der Waals surface area contributed by atoms with Gasteiger partial charge < -0.3 is 5.73 Å². The summed E-state index contributed by atoms with van der Waals surface area (Å²) in [5.41, 5.74) is 6.71. The van der Waals surface area contributed by atoms with E-state index in [0.29, 0.717) is 16.3 Å². The molecular formula is C13H12Cl2N2O2S. The van der Waals surface area contributed by atoms with Crippen molar-refractivity contribution < 1.29 is 8.42 Å². The molecule has 0 saturated heterocycles. The van der Waals surface area contributed by atoms with E-state index >= 15 is 0 Å². The first-order valence-corrected chi connectivity index (χ1v) is 7.94. The Bertz CT molecular complexity index is 733. The zero-order valence-electron chi connectivity index (χ0n) is 10.3. The van der Waals surface area contributed by atoms with Crippen LogP contribution in [0.1, 0.15) is 5.56 Å². The van der Waals surface area contributed by atoms with Crippen LogP contribution in [0.3, 0.4) is 0 Å². The zero-order chi connectivity index (χ0) is 14.8. The van der Waals surface area contributed by atoms with Crippen LogP contribution in [0.5, 0.6) is 0 Å². The van der Waals surface area contributed by atoms with E-state index in [2.05, 4.69) is 4.72 Å². The van der Waals surface area contributed by atoms with Crippen molar-refractivity contribution in [2.75, 3.05) is 4.72 Å². The van der Waals surface area contributed by atoms with Gasteiger partial charge in [-0.25, -0.2) is 8.42 Å². The number of para-hydroxylation sites is 1. The molecule has 0 bridgehead atoms. The summed E-state index contributed by atoms with van der Waals surface area (Å²) in [4.78, 5) is -0.0320. The van der Waals surface area contributed by atoms with Gasteiger partial charge in [-0.3, -0.25) is 4.72 Å². The van der Waals surface area contributed by atoms with Crippen molar-refractivity contribution >= 4 is 38.9 Å². The number of sulfonamides is 1. The number of halogens is 2. The summed E-state index contributed by atoms with van der Waals surface area (Å²) in [6.45, 7) is 0.229. The summed E-state index contributed by atoms with van der Waals surface area (Å²) in [5, 5.41) is 0.437. The number of hydrogen-bond donors (Lipinski definition) is 2. The first kappa shape index (κ1) is 15.1. The molecule has 0 aromatic heterocycles. The molecule has 0 aliphatic carbocycles. The zero-order valence-corrected chi connectivity index (χ0v) is 12.6. The molecule has 0 heterocycles. The molecule has 0 saturated carbocycles. The standard InChI is InChI=1S/C13H12Cl2N2O2S/c14-10-5-6-13(11(15)7-10)20(18,19)17-12-4-2-1-3-9(12)8-16/h1-7,17H,8,16H2. The van der Waals surface area contributed by atoms with Crippen LogP contribution >= 0.6 is 23.2 Å². The number of nitrogens with two attached hydrogens (primary N) is 1. The molecule has 20 heavy (non-hydrogen) atoms. The van der Waals surface area contributed by atoms with Crippen molar-refractivity contribution in [3.05, 3.63) is 58.1 Å². The lowest BCUT2D eigenvalue weighted by molar-refractivity contribution is 0.601. The van der Waals surface area contributed by atoms with Crippen molar-refractivity contribution in [1.29, 1.82) is 0 Å². The van der Waals surface area contributed by atoms with Crippen LogP contribution < -0.4 is 10.5 Å². The smallest absolute Gasteiger partial charge is 0.263 e. The molecule has 0 unspecified atom stereocenters. The average Bonchev–Trinajstić information content (AvgIpc) is 2.38. The SMILES string of the molecule is NCc1ccccc1NS(=O)(=O)c1ccc(Cl)cc1Cl. The number of benzene rings is 2. The van der Waals surface area contributed by atoms with Crippen molar-refractivity contribution in [3.63, 3.8) is 0 Å². The van der Waals surface area contributed by atoms with E-state index < -0.39 is 10.0 Å². The minimum absolute atomic E-state index is 0.0320. The molecular weight excluding hydrogens is 319 g/mol. The lowest BCUT2D eigenvalue weighted by Gasteiger charge is -2.12. The maximum absolute atomic E-state index is 12.3. The monoisotopic (exact) mass is 330 g/mol. The number of hydrogen-bond acceptors (Lipinski definition) is 3. The second-order valence-electron chi connectivity index (χ2n) is 4.04. The molecule has 0 fully saturated rings. The Balaban J connectivity index is 2.41. The molecule has 7 heteroatoms. The summed E-state index contributed by atoms with van der Waals surface area (Å²) in [6, 6.07) is 11.1. The Morgan fingerprint density at radius 1 is 1.10 bits per heavy atom. The molecule has 2 aromatic rings. The first-order chi connectivity index (χ1) is 9.44. The van der Waals surface area contributed by atoms with Crippen LogP contribution in [0.25, 0.3) is 0 Å². The van der Waals surface area contributed by atoms with Gasteiger partial charge in [-0.15, -0.1) is 0 Å². The van der Waals surface area contributed by atoms with E-state index in [9.17, 15) is 8.42 Å². The van der Waals surface area contributed by atoms with Crippen molar-refractivity contribution in [3.8, 4) is 0 Å². The van der Waals surface area contributed by atoms with Gasteiger partial charge in [-0.2, -0.15) is 0 Å². The summed E-state index contributed by atoms with van der Waals surface area (Å²) < 4.78 is 27.1. The van der Waals surface area contributed by atoms with Gasteiger partial charge in [-0.05, 0) is 29.8 Å². The van der Waals surface area contributed by atoms with E-state index in [1.165, 1.54) is 18.2 Å². The fraction of sp³-hybridized carbons (Fsp3) is 0.0769. The van der Waals surface area contributed by atoms with Gasteiger partial charge in [0.1, 0.15) is 4.90 Å². The third-order valence-electron chi connectivity index (χ3n) is 2.67. The largest absolute Gasteiger partial charge is 0.326 e. The second-order valence-corrected chi connectivity index (χ2v) is 6.54. The van der Waals surface area contributed by atoms with E-state index in [0.717, 1.165) is 0 Å². The molecule has 106 valence electrons. The third-order valence-corrected chi connectivity index (χ3v) is 4.75. The van der Waals surface area contributed by atoms with Gasteiger partial charge in [0, 0.05) is 11.6 Å². The molecule has 3 N–H and O–H groups in total. The summed E-state index contributed by atoms with van der Waals surface area (Å²) in [7, 11) is -3.79. The second kappa shape index (κ2) is 6.01. The van der Waals surface area contributed by atoms with Crippen LogP contribution in [-0.2, 0) is 16.6 Å². The van der Waals surface area contributed by atoms with Crippen LogP contribution in [0.4, 0.5) is 5.69 Å². The lowest BCUT2D eigenvalue weighted by atomic mass is 10.2. The molecule has 0 spiro atoms. The van der Waals surface area contributed by atoms with Crippen molar-refractivity contribution in [2.45, 2.75) is 11.4 Å². The molecule has 0 amide bonds. The molecule has 0 aliphatic rings. The summed E-state index contributed by atoms with van der Waals surface area (Å²) >= 11 is 11.7. The van der Waals surface area contributed by atoms with Gasteiger partial charge in [-0.1, -0.05) is 41.4 Å². The van der Waals surface area contributed by atoms with E-state index in [1.54, 1.807) is 24.3 Å². The maximum Gasteiger partial charge on any atom is 0.263 e. The number of anilines is 1. The number of nitrogens with one attached hydrogen (secondary N) is 1. The predicted molar refractivity (Wildman–Crippen MR) is 81.6 cm³/mol. The highest BCUT2D eigenvalue weighted by atomic mass is 35.5. The minimum atomic E-state index is -3.79. The van der Waals surface area contributed by atoms with Crippen LogP contribution in [0.2, 0.25) is 10.0 Å². The highest BCUT2D eigenvalue weighted by Crippen LogP contribution is 2.27. The lowest BCUT2D eigenvalue weighted by Crippen LogP contribution is -2.15. The van der Waals surface area contributed by atoms with Gasteiger partial charge in [0.2, 0.25) is 0 Å². The normalized spacial score (nSPS) is 11.3. The van der Waals surface area contributed by atoms with E-state index in [-0.39, 0.29) is 16.5 Å². The molecule has 0 aliphatic heterocycles. The minimum Gasteiger partial charge on any atom is -0.326 e. The topological polar surface area (TPSA) is 72.2 Å². The Hall–Kier alpha value is -1.27. The van der Waals surface area contributed by atoms with Crippen LogP contribution in [-0.4, -0.2) is 8.42 Å². The Labute approximate surface area is 127 Å². The molecule has 0 radical (unpaired) electrons. The van der Waals surface area contributed by atoms with E-state index in [1.807, 2.05) is 0 Å². The van der Waals surface area contributed by atoms with Crippen LogP contribution in [0, 0.1) is 0 Å². The fourth-order valence-electron chi connectivity index (χ4n) is 1.69. The van der Waals surface area contributed by atoms with Gasteiger partial charge in [0.25, 0.3) is 10.0 Å². The molecule has 0 atom stereocenters. The Kier molecular flexibility index (Phi) is 4.55. The molecule has 2 aromatic carbocycles. The third kappa shape index (κ3) is 3.24. The summed E-state index contributed by atoms with van der Waals surface area (Å²) in [5.74, 6) is 0. The number of rotatable bonds is 4. The van der Waals surface area contributed by atoms with Gasteiger partial charge in [0.05, 0.1) is 10.7 Å². The highest BCUT2D eigenvalue weighted by Gasteiger charge is 2.19. The highest BCUT2D eigenvalue weighted by molar-refractivity contribution is 7.92. The van der Waals surface area contributed by atoms with Crippen LogP contribution in [0.15, 0.2) is 47.4 Å². The maximum atomic E-state index is 12.3. The van der Waals surface area contributed by atoms with E-state index in [4.69, 9.17) is 28.9 Å². The van der Waals surface area contributed by atoms with Gasteiger partial charge in [0.15, 0.2) is 0 Å². The van der Waals surface area contributed by atoms with Crippen molar-refractivity contribution in [1.82, 2.24) is 0 Å². The fourth-order valence-corrected chi connectivity index (χ4v) is 3.57.